The molecule has 0 saturated carbocycles. The molecule has 4 heterocycles. The summed E-state index contributed by atoms with van der Waals surface area (Å²) in [5.74, 6) is -0.638. The maximum Gasteiger partial charge on any atom is 0.411 e. The van der Waals surface area contributed by atoms with Crippen molar-refractivity contribution in [2.45, 2.75) is 43.2 Å². The van der Waals surface area contributed by atoms with Crippen LogP contribution in [-0.4, -0.2) is 106 Å². The van der Waals surface area contributed by atoms with E-state index in [1.807, 2.05) is 0 Å². The van der Waals surface area contributed by atoms with Crippen LogP contribution in [0.1, 0.15) is 43.4 Å². The minimum Gasteiger partial charge on any atom is -0.497 e. The van der Waals surface area contributed by atoms with Crippen LogP contribution in [0.4, 0.5) is 10.5 Å². The highest BCUT2D eigenvalue weighted by atomic mass is 32.2. The quantitative estimate of drug-likeness (QED) is 0.325. The van der Waals surface area contributed by atoms with Crippen molar-refractivity contribution < 1.29 is 32.2 Å². The summed E-state index contributed by atoms with van der Waals surface area (Å²) in [5.41, 5.74) is -2.21. The van der Waals surface area contributed by atoms with Crippen molar-refractivity contribution in [3.63, 3.8) is 0 Å². The zero-order chi connectivity index (χ0) is 34.8. The fourth-order valence-electron chi connectivity index (χ4n) is 6.91. The van der Waals surface area contributed by atoms with Crippen molar-refractivity contribution >= 4 is 27.7 Å². The molecule has 2 amide bonds. The average Bonchev–Trinajstić information content (AvgIpc) is 3.39. The molecule has 1 atom stereocenters. The number of nitrogens with zero attached hydrogens (tertiary/aromatic N) is 6. The summed E-state index contributed by atoms with van der Waals surface area (Å²) in [6.07, 6.45) is 2.80. The molecule has 0 N–H and O–H groups in total. The summed E-state index contributed by atoms with van der Waals surface area (Å²) < 4.78 is 46.6. The zero-order valence-electron chi connectivity index (χ0n) is 27.9. The number of aromatic nitrogens is 1. The maximum absolute atomic E-state index is 15.0. The van der Waals surface area contributed by atoms with E-state index in [2.05, 4.69) is 27.8 Å². The summed E-state index contributed by atoms with van der Waals surface area (Å²) in [7, 11) is -3.11. The lowest BCUT2D eigenvalue weighted by Crippen LogP contribution is -2.56. The van der Waals surface area contributed by atoms with Gasteiger partial charge in [0.15, 0.2) is 0 Å². The number of benzene rings is 2. The Bertz CT molecular complexity index is 1850. The molecule has 2 fully saturated rings. The van der Waals surface area contributed by atoms with Gasteiger partial charge in [0.05, 0.1) is 41.5 Å². The van der Waals surface area contributed by atoms with Crippen molar-refractivity contribution in [1.82, 2.24) is 19.7 Å². The van der Waals surface area contributed by atoms with Gasteiger partial charge in [-0.1, -0.05) is 6.92 Å². The third-order valence-corrected chi connectivity index (χ3v) is 11.3. The number of piperidine rings is 1. The van der Waals surface area contributed by atoms with E-state index in [1.165, 1.54) is 66.7 Å². The molecule has 2 aromatic carbocycles. The van der Waals surface area contributed by atoms with Crippen molar-refractivity contribution in [2.24, 2.45) is 0 Å². The lowest BCUT2D eigenvalue weighted by Gasteiger charge is -2.42. The summed E-state index contributed by atoms with van der Waals surface area (Å²) in [6.45, 7) is 9.19. The third kappa shape index (κ3) is 6.18. The second kappa shape index (κ2) is 14.0. The predicted molar refractivity (Wildman–Crippen MR) is 180 cm³/mol. The van der Waals surface area contributed by atoms with E-state index in [-0.39, 0.29) is 39.8 Å². The molecule has 2 saturated heterocycles. The van der Waals surface area contributed by atoms with Crippen molar-refractivity contribution in [3.05, 3.63) is 77.5 Å². The number of piperazine rings is 1. The number of nitriles is 1. The van der Waals surface area contributed by atoms with E-state index in [0.717, 1.165) is 32.5 Å². The number of sulfonamides is 1. The number of anilines is 1. The predicted octanol–water partition coefficient (Wildman–Crippen LogP) is 3.58. The lowest BCUT2D eigenvalue weighted by atomic mass is 9.87. The van der Waals surface area contributed by atoms with E-state index in [9.17, 15) is 23.3 Å². The van der Waals surface area contributed by atoms with Crippen molar-refractivity contribution in [2.75, 3.05) is 63.8 Å². The molecule has 0 spiro atoms. The van der Waals surface area contributed by atoms with Gasteiger partial charge in [-0.15, -0.1) is 0 Å². The van der Waals surface area contributed by atoms with E-state index < -0.39 is 27.6 Å². The second-order valence-corrected chi connectivity index (χ2v) is 13.9. The monoisotopic (exact) mass is 688 g/mol. The number of rotatable bonds is 9. The van der Waals surface area contributed by atoms with Gasteiger partial charge in [-0.3, -0.25) is 9.69 Å². The number of amides is 2. The summed E-state index contributed by atoms with van der Waals surface area (Å²) in [4.78, 5) is 39.7. The van der Waals surface area contributed by atoms with Crippen LogP contribution < -0.4 is 13.8 Å². The molecule has 0 radical (unpaired) electrons. The number of methoxy groups -OCH3 is 1. The third-order valence-electron chi connectivity index (χ3n) is 9.57. The Morgan fingerprint density at radius 3 is 2.35 bits per heavy atom. The Kier molecular flexibility index (Phi) is 9.78. The van der Waals surface area contributed by atoms with Crippen LogP contribution in [-0.2, 0) is 25.2 Å². The number of hydrogen-bond acceptors (Lipinski definition) is 11. The van der Waals surface area contributed by atoms with Gasteiger partial charge in [0.1, 0.15) is 5.75 Å². The van der Waals surface area contributed by atoms with Gasteiger partial charge >= 0.3 is 6.09 Å². The fourth-order valence-corrected chi connectivity index (χ4v) is 8.37. The highest BCUT2D eigenvalue weighted by Crippen LogP contribution is 2.51. The number of pyridine rings is 1. The topological polar surface area (TPSA) is 146 Å². The Hall–Kier alpha value is -4.71. The molecular formula is C35H40N6O7S. The van der Waals surface area contributed by atoms with Crippen LogP contribution in [0.2, 0.25) is 0 Å². The largest absolute Gasteiger partial charge is 0.497 e. The average molecular weight is 689 g/mol. The van der Waals surface area contributed by atoms with Crippen LogP contribution in [0, 0.1) is 11.3 Å². The molecule has 0 bridgehead atoms. The Balaban J connectivity index is 1.40. The van der Waals surface area contributed by atoms with Gasteiger partial charge in [-0.05, 0) is 94.0 Å². The first-order valence-electron chi connectivity index (χ1n) is 16.5. The van der Waals surface area contributed by atoms with E-state index >= 15 is 0 Å². The first kappa shape index (κ1) is 34.2. The highest BCUT2D eigenvalue weighted by molar-refractivity contribution is 7.93. The minimum atomic E-state index is -4.57. The van der Waals surface area contributed by atoms with E-state index in [4.69, 9.17) is 14.2 Å². The first-order chi connectivity index (χ1) is 23.7. The number of ether oxygens (including phenoxy) is 3. The molecule has 49 heavy (non-hydrogen) atoms. The van der Waals surface area contributed by atoms with Gasteiger partial charge in [-0.2, -0.15) is 9.57 Å². The molecule has 3 aliphatic heterocycles. The summed E-state index contributed by atoms with van der Waals surface area (Å²) >= 11 is 0. The van der Waals surface area contributed by atoms with Crippen LogP contribution in [0.3, 0.4) is 0 Å². The van der Waals surface area contributed by atoms with Crippen LogP contribution >= 0.6 is 0 Å². The molecule has 258 valence electrons. The van der Waals surface area contributed by atoms with Crippen LogP contribution in [0.25, 0.3) is 0 Å². The lowest BCUT2D eigenvalue weighted by molar-refractivity contribution is -0.132. The Morgan fingerprint density at radius 1 is 1.00 bits per heavy atom. The SMILES string of the molecule is CCOc1ncccc1C1(OC(=O)N2CCN(C3CCN(CC)CC3)CC2)C(=O)N(S(=O)(=O)c2ccc(OC)cc2)c2ccc(C#N)cc21. The van der Waals surface area contributed by atoms with Gasteiger partial charge in [-0.25, -0.2) is 18.2 Å². The fraction of sp³-hybridized carbons (Fsp3) is 0.429. The Labute approximate surface area is 286 Å². The molecule has 6 rings (SSSR count). The van der Waals surface area contributed by atoms with Gasteiger partial charge < -0.3 is 24.0 Å². The molecule has 1 aromatic heterocycles. The highest BCUT2D eigenvalue weighted by Gasteiger charge is 2.61. The van der Waals surface area contributed by atoms with E-state index in [0.29, 0.717) is 42.3 Å². The van der Waals surface area contributed by atoms with Crippen molar-refractivity contribution in [3.8, 4) is 17.7 Å². The molecule has 14 heteroatoms. The normalized spacial score (nSPS) is 20.5. The molecule has 13 nitrogen and oxygen atoms in total. The molecule has 0 aliphatic carbocycles. The number of hydrogen-bond donors (Lipinski definition) is 0. The van der Waals surface area contributed by atoms with Crippen molar-refractivity contribution in [1.29, 1.82) is 5.26 Å². The summed E-state index contributed by atoms with van der Waals surface area (Å²) in [5, 5.41) is 9.88. The number of carbonyl (C=O) groups is 2. The maximum atomic E-state index is 15.0. The molecule has 3 aromatic rings. The standard InChI is InChI=1S/C35H40N6O7S/c1-4-38-17-14-26(15-18-38)39-19-21-40(22-20-39)34(43)48-35(29-7-6-16-37-32(29)47-5-2)30-23-25(24-36)8-13-31(30)41(33(35)42)49(44,45)28-11-9-27(46-3)10-12-28/h6-13,16,23,26H,4-5,14-15,17-22H2,1-3H3. The smallest absolute Gasteiger partial charge is 0.411 e. The summed E-state index contributed by atoms with van der Waals surface area (Å²) in [6, 6.07) is 15.4. The van der Waals surface area contributed by atoms with Crippen LogP contribution in [0.5, 0.6) is 11.6 Å². The number of likely N-dealkylation sites (tertiary alicyclic amines) is 1. The van der Waals surface area contributed by atoms with Crippen LogP contribution in [0.15, 0.2) is 65.7 Å². The number of carbonyl (C=O) groups excluding carboxylic acids is 2. The van der Waals surface area contributed by atoms with Gasteiger partial charge in [0.25, 0.3) is 21.5 Å². The minimum absolute atomic E-state index is 0.00797. The van der Waals surface area contributed by atoms with E-state index in [1.54, 1.807) is 13.0 Å². The number of fused-ring (bicyclic) bond motifs is 1. The molecule has 1 unspecified atom stereocenters. The second-order valence-electron chi connectivity index (χ2n) is 12.1. The zero-order valence-corrected chi connectivity index (χ0v) is 28.7. The van der Waals surface area contributed by atoms with Gasteiger partial charge in [0, 0.05) is 44.0 Å². The first-order valence-corrected chi connectivity index (χ1v) is 17.9. The molecule has 3 aliphatic rings. The Morgan fingerprint density at radius 2 is 1.71 bits per heavy atom. The molecular weight excluding hydrogens is 648 g/mol. The van der Waals surface area contributed by atoms with Gasteiger partial charge in [0.2, 0.25) is 5.88 Å².